The van der Waals surface area contributed by atoms with Crippen molar-refractivity contribution in [3.8, 4) is 5.75 Å². The van der Waals surface area contributed by atoms with Gasteiger partial charge >= 0.3 is 0 Å². The normalized spacial score (nSPS) is 14.2. The monoisotopic (exact) mass is 253 g/mol. The van der Waals surface area contributed by atoms with E-state index in [1.54, 1.807) is 6.92 Å². The van der Waals surface area contributed by atoms with Gasteiger partial charge in [0.1, 0.15) is 11.9 Å². The molecule has 0 aromatic heterocycles. The Morgan fingerprint density at radius 3 is 2.61 bits per heavy atom. The van der Waals surface area contributed by atoms with E-state index in [1.807, 2.05) is 0 Å². The average molecular weight is 253 g/mol. The van der Waals surface area contributed by atoms with Crippen molar-refractivity contribution >= 4 is 5.78 Å². The minimum Gasteiger partial charge on any atom is -0.507 e. The summed E-state index contributed by atoms with van der Waals surface area (Å²) in [6, 6.07) is 4.23. The van der Waals surface area contributed by atoms with Gasteiger partial charge in [-0.3, -0.25) is 4.79 Å². The van der Waals surface area contributed by atoms with Crippen LogP contribution in [0.2, 0.25) is 0 Å². The zero-order valence-electron chi connectivity index (χ0n) is 10.3. The molecule has 0 saturated heterocycles. The van der Waals surface area contributed by atoms with Crippen LogP contribution >= 0.6 is 0 Å². The van der Waals surface area contributed by atoms with Crippen LogP contribution in [0.5, 0.6) is 5.75 Å². The van der Waals surface area contributed by atoms with Crippen LogP contribution in [0.3, 0.4) is 0 Å². The number of rotatable bonds is 6. The Labute approximate surface area is 106 Å². The van der Waals surface area contributed by atoms with Crippen LogP contribution in [0, 0.1) is 0 Å². The standard InChI is InChI=1S/C13H19NO4/c1-2-10(15)9-7-8(3-4-11(9)16)13(18)12(17)5-6-14/h3-4,7,12-13,16-18H,2,5-6,14H2,1H3. The van der Waals surface area contributed by atoms with Crippen molar-refractivity contribution in [1.29, 1.82) is 0 Å². The summed E-state index contributed by atoms with van der Waals surface area (Å²) >= 11 is 0. The number of ketones is 1. The van der Waals surface area contributed by atoms with Crippen molar-refractivity contribution in [2.75, 3.05) is 6.54 Å². The number of nitrogens with two attached hydrogens (primary N) is 1. The molecule has 0 aliphatic rings. The molecule has 0 spiro atoms. The van der Waals surface area contributed by atoms with Gasteiger partial charge in [-0.2, -0.15) is 0 Å². The molecular weight excluding hydrogens is 234 g/mol. The van der Waals surface area contributed by atoms with Crippen LogP contribution in [0.4, 0.5) is 0 Å². The highest BCUT2D eigenvalue weighted by Gasteiger charge is 2.20. The molecule has 0 radical (unpaired) electrons. The van der Waals surface area contributed by atoms with Gasteiger partial charge < -0.3 is 21.1 Å². The van der Waals surface area contributed by atoms with Crippen molar-refractivity contribution in [2.45, 2.75) is 32.0 Å². The van der Waals surface area contributed by atoms with Gasteiger partial charge in [0.05, 0.1) is 11.7 Å². The van der Waals surface area contributed by atoms with Crippen LogP contribution in [0.15, 0.2) is 18.2 Å². The van der Waals surface area contributed by atoms with Gasteiger partial charge in [-0.05, 0) is 30.7 Å². The van der Waals surface area contributed by atoms with Crippen LogP contribution in [-0.2, 0) is 0 Å². The minimum absolute atomic E-state index is 0.119. The predicted octanol–water partition coefficient (Wildman–Crippen LogP) is 0.728. The van der Waals surface area contributed by atoms with Gasteiger partial charge in [-0.25, -0.2) is 0 Å². The largest absolute Gasteiger partial charge is 0.507 e. The highest BCUT2D eigenvalue weighted by Crippen LogP contribution is 2.26. The third kappa shape index (κ3) is 3.29. The van der Waals surface area contributed by atoms with Crippen molar-refractivity contribution in [3.05, 3.63) is 29.3 Å². The molecule has 0 fully saturated rings. The van der Waals surface area contributed by atoms with Crippen molar-refractivity contribution in [1.82, 2.24) is 0 Å². The Morgan fingerprint density at radius 2 is 2.06 bits per heavy atom. The highest BCUT2D eigenvalue weighted by molar-refractivity contribution is 5.98. The lowest BCUT2D eigenvalue weighted by molar-refractivity contribution is 0.0149. The Balaban J connectivity index is 3.00. The molecule has 2 unspecified atom stereocenters. The lowest BCUT2D eigenvalue weighted by atomic mass is 9.97. The lowest BCUT2D eigenvalue weighted by Crippen LogP contribution is -2.22. The van der Waals surface area contributed by atoms with E-state index in [-0.39, 0.29) is 36.5 Å². The first-order valence-electron chi connectivity index (χ1n) is 5.93. The van der Waals surface area contributed by atoms with E-state index >= 15 is 0 Å². The van der Waals surface area contributed by atoms with Gasteiger partial charge in [-0.15, -0.1) is 0 Å². The van der Waals surface area contributed by atoms with E-state index in [0.717, 1.165) is 0 Å². The fourth-order valence-corrected chi connectivity index (χ4v) is 1.70. The SMILES string of the molecule is CCC(=O)c1cc(C(O)C(O)CCN)ccc1O. The molecule has 0 saturated carbocycles. The summed E-state index contributed by atoms with van der Waals surface area (Å²) in [6.45, 7) is 1.95. The van der Waals surface area contributed by atoms with Gasteiger partial charge in [0.15, 0.2) is 5.78 Å². The number of phenolic OH excluding ortho intramolecular Hbond substituents is 1. The second-order valence-electron chi connectivity index (χ2n) is 4.14. The van der Waals surface area contributed by atoms with E-state index in [9.17, 15) is 20.1 Å². The maximum Gasteiger partial charge on any atom is 0.166 e. The van der Waals surface area contributed by atoms with Crippen LogP contribution in [0.25, 0.3) is 0 Å². The van der Waals surface area contributed by atoms with E-state index in [0.29, 0.717) is 5.56 Å². The maximum absolute atomic E-state index is 11.6. The molecule has 2 atom stereocenters. The third-order valence-electron chi connectivity index (χ3n) is 2.81. The van der Waals surface area contributed by atoms with E-state index in [1.165, 1.54) is 18.2 Å². The molecular formula is C13H19NO4. The number of hydrogen-bond acceptors (Lipinski definition) is 5. The molecule has 1 aromatic carbocycles. The lowest BCUT2D eigenvalue weighted by Gasteiger charge is -2.18. The summed E-state index contributed by atoms with van der Waals surface area (Å²) in [6.07, 6.45) is -1.57. The Morgan fingerprint density at radius 1 is 1.39 bits per heavy atom. The molecule has 0 aliphatic carbocycles. The molecule has 0 aliphatic heterocycles. The quantitative estimate of drug-likeness (QED) is 0.559. The number of phenols is 1. The third-order valence-corrected chi connectivity index (χ3v) is 2.81. The first-order valence-corrected chi connectivity index (χ1v) is 5.93. The van der Waals surface area contributed by atoms with Crippen molar-refractivity contribution in [3.63, 3.8) is 0 Å². The van der Waals surface area contributed by atoms with E-state index in [4.69, 9.17) is 5.73 Å². The fourth-order valence-electron chi connectivity index (χ4n) is 1.70. The van der Waals surface area contributed by atoms with Gasteiger partial charge in [-0.1, -0.05) is 13.0 Å². The first kappa shape index (κ1) is 14.6. The number of aliphatic hydroxyl groups excluding tert-OH is 2. The number of benzene rings is 1. The van der Waals surface area contributed by atoms with Crippen molar-refractivity contribution in [2.24, 2.45) is 5.73 Å². The maximum atomic E-state index is 11.6. The second-order valence-corrected chi connectivity index (χ2v) is 4.14. The van der Waals surface area contributed by atoms with Gasteiger partial charge in [0.25, 0.3) is 0 Å². The van der Waals surface area contributed by atoms with Gasteiger partial charge in [0, 0.05) is 6.42 Å². The topological polar surface area (TPSA) is 104 Å². The zero-order valence-corrected chi connectivity index (χ0v) is 10.3. The van der Waals surface area contributed by atoms with Crippen LogP contribution in [0.1, 0.15) is 41.8 Å². The Bertz CT molecular complexity index is 419. The fraction of sp³-hybridized carbons (Fsp3) is 0.462. The summed E-state index contributed by atoms with van der Waals surface area (Å²) in [5.41, 5.74) is 5.86. The Kier molecular flexibility index (Phi) is 5.27. The van der Waals surface area contributed by atoms with Crippen LogP contribution < -0.4 is 5.73 Å². The van der Waals surface area contributed by atoms with E-state index < -0.39 is 12.2 Å². The summed E-state index contributed by atoms with van der Waals surface area (Å²) in [5.74, 6) is -0.332. The highest BCUT2D eigenvalue weighted by atomic mass is 16.3. The summed E-state index contributed by atoms with van der Waals surface area (Å²) < 4.78 is 0. The molecule has 5 heteroatoms. The number of aliphatic hydroxyl groups is 2. The number of aromatic hydroxyl groups is 1. The minimum atomic E-state index is -1.11. The molecule has 0 amide bonds. The summed E-state index contributed by atoms with van der Waals surface area (Å²) in [5, 5.41) is 29.1. The molecule has 1 rings (SSSR count). The molecule has 0 bridgehead atoms. The summed E-state index contributed by atoms with van der Waals surface area (Å²) in [7, 11) is 0. The van der Waals surface area contributed by atoms with Gasteiger partial charge in [0.2, 0.25) is 0 Å². The first-order chi connectivity index (χ1) is 8.51. The zero-order chi connectivity index (χ0) is 13.7. The van der Waals surface area contributed by atoms with Crippen LogP contribution in [-0.4, -0.2) is 33.8 Å². The number of hydrogen-bond donors (Lipinski definition) is 4. The molecule has 100 valence electrons. The molecule has 1 aromatic rings. The molecule has 5 nitrogen and oxygen atoms in total. The Hall–Kier alpha value is -1.43. The number of Topliss-reactive ketones (excluding diaryl/α,β-unsaturated/α-hetero) is 1. The smallest absolute Gasteiger partial charge is 0.166 e. The number of carbonyl (C=O) groups is 1. The molecule has 0 heterocycles. The second kappa shape index (κ2) is 6.49. The molecule has 18 heavy (non-hydrogen) atoms. The van der Waals surface area contributed by atoms with Crippen molar-refractivity contribution < 1.29 is 20.1 Å². The predicted molar refractivity (Wildman–Crippen MR) is 67.4 cm³/mol. The summed E-state index contributed by atoms with van der Waals surface area (Å²) in [4.78, 5) is 11.6. The number of carbonyl (C=O) groups excluding carboxylic acids is 1. The van der Waals surface area contributed by atoms with E-state index in [2.05, 4.69) is 0 Å². The molecule has 5 N–H and O–H groups in total. The average Bonchev–Trinajstić information content (AvgIpc) is 2.38.